The number of methoxy groups -OCH3 is 1. The number of esters is 1. The summed E-state index contributed by atoms with van der Waals surface area (Å²) < 4.78 is 4.74. The highest BCUT2D eigenvalue weighted by molar-refractivity contribution is 8.00. The Morgan fingerprint density at radius 2 is 1.52 bits per heavy atom. The highest BCUT2D eigenvalue weighted by atomic mass is 32.2. The van der Waals surface area contributed by atoms with E-state index >= 15 is 0 Å². The average molecular weight is 571 g/mol. The Labute approximate surface area is 239 Å². The molecule has 0 radical (unpaired) electrons. The molecule has 40 heavy (non-hydrogen) atoms. The normalized spacial score (nSPS) is 11.9. The fourth-order valence-corrected chi connectivity index (χ4v) is 4.82. The van der Waals surface area contributed by atoms with Crippen molar-refractivity contribution >= 4 is 47.0 Å². The second kappa shape index (κ2) is 18.4. The molecule has 2 aromatic carbocycles. The van der Waals surface area contributed by atoms with Gasteiger partial charge >= 0.3 is 5.97 Å². The van der Waals surface area contributed by atoms with Crippen molar-refractivity contribution in [2.75, 3.05) is 24.7 Å². The van der Waals surface area contributed by atoms with Gasteiger partial charge in [-0.15, -0.1) is 11.8 Å². The van der Waals surface area contributed by atoms with E-state index < -0.39 is 17.3 Å². The van der Waals surface area contributed by atoms with E-state index in [9.17, 15) is 24.0 Å². The zero-order chi connectivity index (χ0) is 29.2. The van der Waals surface area contributed by atoms with E-state index in [1.165, 1.54) is 14.0 Å². The molecule has 0 saturated carbocycles. The van der Waals surface area contributed by atoms with E-state index in [2.05, 4.69) is 21.3 Å². The van der Waals surface area contributed by atoms with Crippen LogP contribution in [0.25, 0.3) is 0 Å². The SMILES string of the molecule is COC(=O)CC(SCC(NC(C)=O)C(=O)NCc1ccccc1)C(=O)NCCCCCC(=O)Nc1ccccc1. The Kier molecular flexibility index (Phi) is 14.9. The van der Waals surface area contributed by atoms with E-state index in [1.807, 2.05) is 60.7 Å². The van der Waals surface area contributed by atoms with Crippen LogP contribution in [0.5, 0.6) is 0 Å². The van der Waals surface area contributed by atoms with Crippen molar-refractivity contribution in [2.45, 2.75) is 56.9 Å². The van der Waals surface area contributed by atoms with E-state index in [-0.39, 0.29) is 35.8 Å². The minimum atomic E-state index is -0.888. The molecule has 0 bridgehead atoms. The number of hydrogen-bond acceptors (Lipinski definition) is 7. The standard InChI is InChI=1S/C29H38N4O6S/c1-21(34)32-24(28(37)31-19-22-12-6-3-7-13-22)20-40-25(18-27(36)39-2)29(38)30-17-11-5-10-16-26(35)33-23-14-8-4-9-15-23/h3-4,6-9,12-15,24-25H,5,10-11,16-20H2,1-2H3,(H,30,38)(H,31,37)(H,32,34)(H,33,35). The summed E-state index contributed by atoms with van der Waals surface area (Å²) in [6.07, 6.45) is 2.27. The summed E-state index contributed by atoms with van der Waals surface area (Å²) in [5.41, 5.74) is 1.66. The summed E-state index contributed by atoms with van der Waals surface area (Å²) in [5.74, 6) is -1.66. The van der Waals surface area contributed by atoms with Gasteiger partial charge in [0.2, 0.25) is 23.6 Å². The molecule has 2 rings (SSSR count). The predicted molar refractivity (Wildman–Crippen MR) is 155 cm³/mol. The van der Waals surface area contributed by atoms with Crippen molar-refractivity contribution < 1.29 is 28.7 Å². The van der Waals surface area contributed by atoms with E-state index in [0.29, 0.717) is 32.4 Å². The van der Waals surface area contributed by atoms with Gasteiger partial charge in [-0.1, -0.05) is 55.0 Å². The molecule has 0 spiro atoms. The fourth-order valence-electron chi connectivity index (χ4n) is 3.67. The van der Waals surface area contributed by atoms with Crippen LogP contribution in [0.4, 0.5) is 5.69 Å². The van der Waals surface area contributed by atoms with E-state index in [4.69, 9.17) is 4.74 Å². The first-order valence-corrected chi connectivity index (χ1v) is 14.2. The zero-order valence-electron chi connectivity index (χ0n) is 22.9. The number of anilines is 1. The Bertz CT molecular complexity index is 1100. The smallest absolute Gasteiger partial charge is 0.307 e. The maximum atomic E-state index is 12.9. The summed E-state index contributed by atoms with van der Waals surface area (Å²) in [6.45, 7) is 1.98. The first-order chi connectivity index (χ1) is 19.3. The van der Waals surface area contributed by atoms with Gasteiger partial charge in [0.1, 0.15) is 6.04 Å². The number of unbranched alkanes of at least 4 members (excludes halogenated alkanes) is 2. The third kappa shape index (κ3) is 13.3. The fraction of sp³-hybridized carbons (Fsp3) is 0.414. The molecule has 0 aliphatic carbocycles. The molecule has 0 fully saturated rings. The largest absolute Gasteiger partial charge is 0.469 e. The minimum absolute atomic E-state index is 0.0636. The van der Waals surface area contributed by atoms with Crippen LogP contribution in [0.15, 0.2) is 60.7 Å². The van der Waals surface area contributed by atoms with Crippen LogP contribution in [0.2, 0.25) is 0 Å². The summed E-state index contributed by atoms with van der Waals surface area (Å²) in [6, 6.07) is 17.7. The van der Waals surface area contributed by atoms with Crippen LogP contribution >= 0.6 is 11.8 Å². The average Bonchev–Trinajstić information content (AvgIpc) is 2.95. The molecule has 0 aliphatic heterocycles. The molecule has 0 aromatic heterocycles. The monoisotopic (exact) mass is 570 g/mol. The lowest BCUT2D eigenvalue weighted by molar-refractivity contribution is -0.141. The molecule has 0 saturated heterocycles. The Hall–Kier alpha value is -3.86. The second-order valence-electron chi connectivity index (χ2n) is 9.07. The third-order valence-electron chi connectivity index (χ3n) is 5.78. The van der Waals surface area contributed by atoms with Crippen molar-refractivity contribution in [1.29, 1.82) is 0 Å². The molecular weight excluding hydrogens is 532 g/mol. The quantitative estimate of drug-likeness (QED) is 0.169. The summed E-state index contributed by atoms with van der Waals surface area (Å²) in [5, 5.41) is 10.3. The number of amides is 4. The Balaban J connectivity index is 1.80. The van der Waals surface area contributed by atoms with Crippen LogP contribution in [-0.4, -0.2) is 60.3 Å². The lowest BCUT2D eigenvalue weighted by Crippen LogP contribution is -2.48. The molecular formula is C29H38N4O6S. The zero-order valence-corrected chi connectivity index (χ0v) is 23.8. The lowest BCUT2D eigenvalue weighted by Gasteiger charge is -2.21. The van der Waals surface area contributed by atoms with Gasteiger partial charge in [0.05, 0.1) is 18.8 Å². The summed E-state index contributed by atoms with van der Waals surface area (Å²) in [4.78, 5) is 61.4. The van der Waals surface area contributed by atoms with E-state index in [0.717, 1.165) is 29.4 Å². The number of ether oxygens (including phenoxy) is 1. The number of hydrogen-bond donors (Lipinski definition) is 4. The number of carbonyl (C=O) groups excluding carboxylic acids is 5. The van der Waals surface area contributed by atoms with Gasteiger partial charge in [-0.05, 0) is 30.5 Å². The number of nitrogens with one attached hydrogen (secondary N) is 4. The summed E-state index contributed by atoms with van der Waals surface area (Å²) in [7, 11) is 1.24. The summed E-state index contributed by atoms with van der Waals surface area (Å²) >= 11 is 1.11. The van der Waals surface area contributed by atoms with Crippen molar-refractivity contribution in [3.63, 3.8) is 0 Å². The van der Waals surface area contributed by atoms with Crippen molar-refractivity contribution in [1.82, 2.24) is 16.0 Å². The molecule has 2 aromatic rings. The molecule has 4 amide bonds. The van der Waals surface area contributed by atoms with Crippen molar-refractivity contribution in [2.24, 2.45) is 0 Å². The van der Waals surface area contributed by atoms with Gasteiger partial charge in [0, 0.05) is 37.9 Å². The maximum Gasteiger partial charge on any atom is 0.307 e. The molecule has 10 nitrogen and oxygen atoms in total. The van der Waals surface area contributed by atoms with Gasteiger partial charge in [-0.3, -0.25) is 24.0 Å². The topological polar surface area (TPSA) is 143 Å². The molecule has 216 valence electrons. The number of thioether (sulfide) groups is 1. The van der Waals surface area contributed by atoms with Gasteiger partial charge in [-0.25, -0.2) is 0 Å². The first-order valence-electron chi connectivity index (χ1n) is 13.2. The van der Waals surface area contributed by atoms with E-state index in [1.54, 1.807) is 0 Å². The number of rotatable bonds is 17. The van der Waals surface area contributed by atoms with Crippen molar-refractivity contribution in [3.8, 4) is 0 Å². The molecule has 2 unspecified atom stereocenters. The molecule has 4 N–H and O–H groups in total. The highest BCUT2D eigenvalue weighted by Crippen LogP contribution is 2.18. The van der Waals surface area contributed by atoms with Gasteiger partial charge in [-0.2, -0.15) is 0 Å². The molecule has 0 heterocycles. The Morgan fingerprint density at radius 1 is 0.850 bits per heavy atom. The van der Waals surface area contributed by atoms with Crippen LogP contribution in [0.1, 0.15) is 44.6 Å². The van der Waals surface area contributed by atoms with Crippen molar-refractivity contribution in [3.05, 3.63) is 66.2 Å². The lowest BCUT2D eigenvalue weighted by atomic mass is 10.2. The highest BCUT2D eigenvalue weighted by Gasteiger charge is 2.27. The van der Waals surface area contributed by atoms with Gasteiger partial charge in [0.25, 0.3) is 0 Å². The number of benzene rings is 2. The molecule has 2 atom stereocenters. The third-order valence-corrected chi connectivity index (χ3v) is 7.09. The van der Waals surface area contributed by atoms with Crippen LogP contribution in [-0.2, 0) is 35.3 Å². The first kappa shape index (κ1) is 32.4. The van der Waals surface area contributed by atoms with Gasteiger partial charge < -0.3 is 26.0 Å². The Morgan fingerprint density at radius 3 is 2.17 bits per heavy atom. The van der Waals surface area contributed by atoms with Gasteiger partial charge in [0.15, 0.2) is 0 Å². The maximum absolute atomic E-state index is 12.9. The molecule has 11 heteroatoms. The number of para-hydroxylation sites is 1. The van der Waals surface area contributed by atoms with Crippen LogP contribution < -0.4 is 21.3 Å². The predicted octanol–water partition coefficient (Wildman–Crippen LogP) is 2.79. The molecule has 0 aliphatic rings. The minimum Gasteiger partial charge on any atom is -0.469 e. The van der Waals surface area contributed by atoms with Crippen LogP contribution in [0.3, 0.4) is 0 Å². The van der Waals surface area contributed by atoms with Crippen LogP contribution in [0, 0.1) is 0 Å². The second-order valence-corrected chi connectivity index (χ2v) is 10.3. The number of carbonyl (C=O) groups is 5.